The molecule has 1 unspecified atom stereocenters. The number of carbonyl (C=O) groups is 3. The summed E-state index contributed by atoms with van der Waals surface area (Å²) in [7, 11) is 0. The summed E-state index contributed by atoms with van der Waals surface area (Å²) >= 11 is 0. The Bertz CT molecular complexity index is 376. The van der Waals surface area contributed by atoms with Crippen molar-refractivity contribution in [2.24, 2.45) is 5.73 Å². The van der Waals surface area contributed by atoms with E-state index in [2.05, 4.69) is 10.6 Å². The zero-order valence-corrected chi connectivity index (χ0v) is 11.7. The molecule has 1 aliphatic rings. The van der Waals surface area contributed by atoms with E-state index in [9.17, 15) is 14.4 Å². The third-order valence-electron chi connectivity index (χ3n) is 2.79. The maximum Gasteiger partial charge on any atom is 0.315 e. The second-order valence-corrected chi connectivity index (χ2v) is 5.71. The van der Waals surface area contributed by atoms with Gasteiger partial charge < -0.3 is 21.3 Å². The Hall–Kier alpha value is -1.79. The molecule has 0 spiro atoms. The van der Waals surface area contributed by atoms with Crippen LogP contribution in [0.25, 0.3) is 0 Å². The summed E-state index contributed by atoms with van der Waals surface area (Å²) < 4.78 is 0. The Morgan fingerprint density at radius 2 is 1.95 bits per heavy atom. The summed E-state index contributed by atoms with van der Waals surface area (Å²) in [5.74, 6) is -0.782. The highest BCUT2D eigenvalue weighted by atomic mass is 16.2. The number of carbonyl (C=O) groups excluding carboxylic acids is 3. The lowest BCUT2D eigenvalue weighted by Gasteiger charge is -2.24. The van der Waals surface area contributed by atoms with E-state index in [1.165, 1.54) is 4.90 Å². The first kappa shape index (κ1) is 15.3. The zero-order chi connectivity index (χ0) is 14.6. The Labute approximate surface area is 112 Å². The number of amides is 4. The molecule has 1 fully saturated rings. The third-order valence-corrected chi connectivity index (χ3v) is 2.79. The molecule has 0 aliphatic carbocycles. The van der Waals surface area contributed by atoms with Crippen LogP contribution in [-0.4, -0.2) is 47.4 Å². The Morgan fingerprint density at radius 3 is 2.47 bits per heavy atom. The first-order valence-electron chi connectivity index (χ1n) is 6.35. The highest BCUT2D eigenvalue weighted by Gasteiger charge is 2.32. The number of hydrogen-bond acceptors (Lipinski definition) is 3. The lowest BCUT2D eigenvalue weighted by molar-refractivity contribution is -0.136. The fourth-order valence-electron chi connectivity index (χ4n) is 2.00. The van der Waals surface area contributed by atoms with Crippen molar-refractivity contribution >= 4 is 17.8 Å². The van der Waals surface area contributed by atoms with Crippen molar-refractivity contribution < 1.29 is 14.4 Å². The Balaban J connectivity index is 2.43. The molecule has 0 aromatic heterocycles. The lowest BCUT2D eigenvalue weighted by Crippen LogP contribution is -2.51. The van der Waals surface area contributed by atoms with Gasteiger partial charge in [-0.2, -0.15) is 0 Å². The van der Waals surface area contributed by atoms with Gasteiger partial charge in [-0.05, 0) is 33.6 Å². The number of primary amides is 1. The predicted molar refractivity (Wildman–Crippen MR) is 70.2 cm³/mol. The lowest BCUT2D eigenvalue weighted by atomic mass is 10.1. The van der Waals surface area contributed by atoms with Gasteiger partial charge in [0.2, 0.25) is 11.8 Å². The molecule has 4 N–H and O–H groups in total. The average molecular weight is 270 g/mol. The van der Waals surface area contributed by atoms with Crippen molar-refractivity contribution in [2.45, 2.75) is 45.2 Å². The molecule has 0 saturated carbocycles. The van der Waals surface area contributed by atoms with Crippen molar-refractivity contribution in [3.63, 3.8) is 0 Å². The molecule has 1 atom stereocenters. The van der Waals surface area contributed by atoms with E-state index in [-0.39, 0.29) is 18.0 Å². The van der Waals surface area contributed by atoms with E-state index in [1.807, 2.05) is 20.8 Å². The normalized spacial score (nSPS) is 19.1. The molecule has 0 radical (unpaired) electrons. The maximum atomic E-state index is 11.9. The average Bonchev–Trinajstić information content (AvgIpc) is 2.72. The number of hydrogen-bond donors (Lipinski definition) is 3. The zero-order valence-electron chi connectivity index (χ0n) is 11.7. The van der Waals surface area contributed by atoms with Crippen molar-refractivity contribution in [3.05, 3.63) is 0 Å². The fraction of sp³-hybridized carbons (Fsp3) is 0.750. The quantitative estimate of drug-likeness (QED) is 0.647. The van der Waals surface area contributed by atoms with Crippen LogP contribution in [0.3, 0.4) is 0 Å². The van der Waals surface area contributed by atoms with Gasteiger partial charge in [-0.15, -0.1) is 0 Å². The maximum absolute atomic E-state index is 11.9. The highest BCUT2D eigenvalue weighted by molar-refractivity contribution is 5.89. The van der Waals surface area contributed by atoms with Crippen LogP contribution in [-0.2, 0) is 9.59 Å². The number of rotatable bonds is 3. The molecule has 7 nitrogen and oxygen atoms in total. The summed E-state index contributed by atoms with van der Waals surface area (Å²) in [6.45, 7) is 5.91. The number of nitrogens with two attached hydrogens (primary N) is 1. The van der Waals surface area contributed by atoms with Gasteiger partial charge in [0, 0.05) is 12.1 Å². The van der Waals surface area contributed by atoms with E-state index in [0.29, 0.717) is 13.0 Å². The molecular weight excluding hydrogens is 248 g/mol. The Morgan fingerprint density at radius 1 is 1.32 bits per heavy atom. The standard InChI is InChI=1S/C12H22N4O3/c1-12(2,3)15-11(19)14-7-9(17)16-6-4-5-8(16)10(13)18/h8H,4-7H2,1-3H3,(H2,13,18)(H2,14,15,19). The van der Waals surface area contributed by atoms with Crippen LogP contribution in [0, 0.1) is 0 Å². The monoisotopic (exact) mass is 270 g/mol. The van der Waals surface area contributed by atoms with Gasteiger partial charge in [0.15, 0.2) is 0 Å². The van der Waals surface area contributed by atoms with E-state index in [4.69, 9.17) is 5.73 Å². The van der Waals surface area contributed by atoms with Gasteiger partial charge >= 0.3 is 6.03 Å². The van der Waals surface area contributed by atoms with Crippen LogP contribution in [0.5, 0.6) is 0 Å². The van der Waals surface area contributed by atoms with Crippen LogP contribution >= 0.6 is 0 Å². The second-order valence-electron chi connectivity index (χ2n) is 5.71. The minimum absolute atomic E-state index is 0.133. The molecule has 1 saturated heterocycles. The van der Waals surface area contributed by atoms with Crippen LogP contribution in [0.1, 0.15) is 33.6 Å². The van der Waals surface area contributed by atoms with Gasteiger partial charge in [0.25, 0.3) is 0 Å². The van der Waals surface area contributed by atoms with Gasteiger partial charge in [0.1, 0.15) is 6.04 Å². The SMILES string of the molecule is CC(C)(C)NC(=O)NCC(=O)N1CCCC1C(N)=O. The second kappa shape index (κ2) is 5.90. The van der Waals surface area contributed by atoms with Crippen molar-refractivity contribution in [1.82, 2.24) is 15.5 Å². The number of likely N-dealkylation sites (tertiary alicyclic amines) is 1. The topological polar surface area (TPSA) is 105 Å². The molecule has 108 valence electrons. The van der Waals surface area contributed by atoms with E-state index >= 15 is 0 Å². The third kappa shape index (κ3) is 4.76. The van der Waals surface area contributed by atoms with E-state index in [1.54, 1.807) is 0 Å². The van der Waals surface area contributed by atoms with Gasteiger partial charge in [-0.1, -0.05) is 0 Å². The van der Waals surface area contributed by atoms with Crippen LogP contribution in [0.4, 0.5) is 4.79 Å². The van der Waals surface area contributed by atoms with Crippen LogP contribution in [0.15, 0.2) is 0 Å². The summed E-state index contributed by atoms with van der Waals surface area (Å²) in [5.41, 5.74) is 4.87. The van der Waals surface area contributed by atoms with E-state index < -0.39 is 18.0 Å². The molecular formula is C12H22N4O3. The van der Waals surface area contributed by atoms with Crippen molar-refractivity contribution in [2.75, 3.05) is 13.1 Å². The number of nitrogens with zero attached hydrogens (tertiary/aromatic N) is 1. The summed E-state index contributed by atoms with van der Waals surface area (Å²) in [4.78, 5) is 36.0. The fourth-order valence-corrected chi connectivity index (χ4v) is 2.00. The predicted octanol–water partition coefficient (Wildman–Crippen LogP) is -0.440. The minimum atomic E-state index is -0.542. The summed E-state index contributed by atoms with van der Waals surface area (Å²) in [6, 6.07) is -0.948. The van der Waals surface area contributed by atoms with Crippen molar-refractivity contribution in [1.29, 1.82) is 0 Å². The van der Waals surface area contributed by atoms with E-state index in [0.717, 1.165) is 6.42 Å². The number of nitrogens with one attached hydrogen (secondary N) is 2. The Kier molecular flexibility index (Phi) is 4.74. The van der Waals surface area contributed by atoms with Crippen LogP contribution < -0.4 is 16.4 Å². The van der Waals surface area contributed by atoms with Crippen molar-refractivity contribution in [3.8, 4) is 0 Å². The molecule has 1 heterocycles. The molecule has 0 bridgehead atoms. The van der Waals surface area contributed by atoms with Gasteiger partial charge in [-0.25, -0.2) is 4.79 Å². The minimum Gasteiger partial charge on any atom is -0.368 e. The molecule has 1 aliphatic heterocycles. The molecule has 7 heteroatoms. The summed E-state index contributed by atoms with van der Waals surface area (Å²) in [6.07, 6.45) is 1.35. The highest BCUT2D eigenvalue weighted by Crippen LogP contribution is 2.16. The van der Waals surface area contributed by atoms with Gasteiger partial charge in [-0.3, -0.25) is 9.59 Å². The van der Waals surface area contributed by atoms with Gasteiger partial charge in [0.05, 0.1) is 6.54 Å². The molecule has 1 rings (SSSR count). The number of urea groups is 1. The largest absolute Gasteiger partial charge is 0.368 e. The molecule has 4 amide bonds. The first-order valence-corrected chi connectivity index (χ1v) is 6.35. The smallest absolute Gasteiger partial charge is 0.315 e. The summed E-state index contributed by atoms with van der Waals surface area (Å²) in [5, 5.41) is 5.17. The first-order chi connectivity index (χ1) is 8.70. The molecule has 0 aromatic carbocycles. The molecule has 19 heavy (non-hydrogen) atoms. The molecule has 0 aromatic rings. The van der Waals surface area contributed by atoms with Crippen LogP contribution in [0.2, 0.25) is 0 Å².